The molecule has 0 fully saturated rings. The number of oxazole rings is 2. The van der Waals surface area contributed by atoms with Crippen LogP contribution in [0.5, 0.6) is 23.0 Å². The van der Waals surface area contributed by atoms with Crippen LogP contribution in [0.2, 0.25) is 0 Å². The van der Waals surface area contributed by atoms with Crippen LogP contribution in [0.25, 0.3) is 34.7 Å². The van der Waals surface area contributed by atoms with Crippen molar-refractivity contribution >= 4 is 40.2 Å². The van der Waals surface area contributed by atoms with Crippen molar-refractivity contribution in [1.82, 2.24) is 40.4 Å². The summed E-state index contributed by atoms with van der Waals surface area (Å²) < 4.78 is 78.6. The zero-order valence-electron chi connectivity index (χ0n) is 55.2. The summed E-state index contributed by atoms with van der Waals surface area (Å²) in [5.41, 5.74) is 9.10. The first-order valence-corrected chi connectivity index (χ1v) is 33.2. The highest BCUT2D eigenvalue weighted by Gasteiger charge is 2.40. The van der Waals surface area contributed by atoms with Gasteiger partial charge >= 0.3 is 18.0 Å². The Balaban J connectivity index is 0.000000171. The number of nitrogens with zero attached hydrogens (tertiary/aromatic N) is 7. The third kappa shape index (κ3) is 17.8. The van der Waals surface area contributed by atoms with Gasteiger partial charge in [0.2, 0.25) is 21.6 Å². The number of rotatable bonds is 21. The molecule has 2 aliphatic rings. The topological polar surface area (TPSA) is 278 Å². The molecule has 3 aromatic heterocycles. The molecule has 0 radical (unpaired) electrons. The van der Waals surface area contributed by atoms with E-state index >= 15 is 0 Å². The Morgan fingerprint density at radius 2 is 1.15 bits per heavy atom. The average Bonchev–Trinajstić information content (AvgIpc) is 1.63. The summed E-state index contributed by atoms with van der Waals surface area (Å²) in [5.74, 6) is 1.64. The lowest BCUT2D eigenvalue weighted by molar-refractivity contribution is 0.0161. The molecule has 5 heterocycles. The molecule has 98 heavy (non-hydrogen) atoms. The maximum absolute atomic E-state index is 13.9. The number of ether oxygens (including phenoxy) is 7. The van der Waals surface area contributed by atoms with Gasteiger partial charge < -0.3 is 47.3 Å². The van der Waals surface area contributed by atoms with Gasteiger partial charge in [-0.25, -0.2) is 32.8 Å². The Kier molecular flexibility index (Phi) is 23.1. The first-order chi connectivity index (χ1) is 47.4. The highest BCUT2D eigenvalue weighted by atomic mass is 32.2. The fraction of sp³-hybridized carbons (Fsp3) is 0.257. The number of nitrogens with one attached hydrogen (secondary N) is 1. The molecule has 2 aliphatic heterocycles. The number of aromatic nitrogens is 6. The Labute approximate surface area is 567 Å². The van der Waals surface area contributed by atoms with Crippen LogP contribution in [-0.4, -0.2) is 120 Å². The Morgan fingerprint density at radius 3 is 1.66 bits per heavy atom. The van der Waals surface area contributed by atoms with Crippen LogP contribution in [0, 0.1) is 0 Å². The molecule has 506 valence electrons. The van der Waals surface area contributed by atoms with Crippen molar-refractivity contribution in [3.05, 3.63) is 238 Å². The summed E-state index contributed by atoms with van der Waals surface area (Å²) in [6, 6.07) is 50.1. The van der Waals surface area contributed by atoms with Gasteiger partial charge in [-0.2, -0.15) is 4.68 Å². The van der Waals surface area contributed by atoms with Crippen LogP contribution in [0.1, 0.15) is 117 Å². The van der Waals surface area contributed by atoms with E-state index in [1.807, 2.05) is 97.1 Å². The summed E-state index contributed by atoms with van der Waals surface area (Å²) in [6.07, 6.45) is 8.34. The largest absolute Gasteiger partial charge is 0.493 e. The SMILES string of the molecule is CCOC(=O)c1coc(-c2ccc(/C=C/C3NCCc4cc(OCc5ccccc5)c(OC)cc43)cc2)n1.CCOC(=O)c1coc(-c2ccc(C=O)cc2)n1.COc1cc2c(cc1OCc1ccccc1)CCN(C(=O)OC(C)(C)C)C2CS(=O)(=O)c1nnnn1-c1ccccc1. The number of hydrogen-bond acceptors (Lipinski definition) is 21. The standard InChI is InChI=1S/C31H30N2O5.C30H33N5O6S.C13H11NO4/c1-3-36-31(34)27-20-38-30(33-27)23-12-9-21(10-13-23)11-14-26-25-18-28(35-2)29(17-24(25)15-16-32-26)37-19-22-7-5-4-6-8-22;1-30(2,3)41-29(36)34-16-15-22-17-27(40-19-21-11-7-5-8-12-21)26(39-4)18-24(22)25(34)20-42(37,38)28-31-32-33-35(28)23-13-9-6-10-14-23;1-2-17-13(16)11-8-18-12(14-11)10-5-3-9(7-15)4-6-10/h4-14,17-18,20,26,32H,3,15-16,19H2,1-2H3;5-14,17-18,25H,15-16,19-20H2,1-4H3;3-8H,2H2,1H3/b14-11+;;. The van der Waals surface area contributed by atoms with Crippen LogP contribution < -0.4 is 24.3 Å². The number of benzene rings is 7. The predicted octanol–water partition coefficient (Wildman–Crippen LogP) is 12.9. The van der Waals surface area contributed by atoms with E-state index in [0.29, 0.717) is 71.9 Å². The lowest BCUT2D eigenvalue weighted by Gasteiger charge is -2.38. The van der Waals surface area contributed by atoms with E-state index in [0.717, 1.165) is 58.6 Å². The summed E-state index contributed by atoms with van der Waals surface area (Å²) in [4.78, 5) is 56.9. The van der Waals surface area contributed by atoms with Crippen molar-refractivity contribution < 1.29 is 69.6 Å². The third-order valence-corrected chi connectivity index (χ3v) is 17.0. The van der Waals surface area contributed by atoms with E-state index in [-0.39, 0.29) is 35.7 Å². The van der Waals surface area contributed by atoms with Gasteiger partial charge in [-0.05, 0) is 157 Å². The lowest BCUT2D eigenvalue weighted by Crippen LogP contribution is -2.45. The number of carbonyl (C=O) groups excluding carboxylic acids is 4. The van der Waals surface area contributed by atoms with Crippen molar-refractivity contribution in [3.63, 3.8) is 0 Å². The maximum atomic E-state index is 13.9. The van der Waals surface area contributed by atoms with Crippen molar-refractivity contribution in [2.45, 2.75) is 83.5 Å². The second-order valence-corrected chi connectivity index (χ2v) is 25.2. The lowest BCUT2D eigenvalue weighted by atomic mass is 9.93. The smallest absolute Gasteiger partial charge is 0.410 e. The fourth-order valence-corrected chi connectivity index (χ4v) is 12.1. The van der Waals surface area contributed by atoms with Gasteiger partial charge in [0.25, 0.3) is 5.16 Å². The summed E-state index contributed by atoms with van der Waals surface area (Å²) in [6.45, 7) is 11.3. The number of fused-ring (bicyclic) bond motifs is 2. The molecule has 10 aromatic rings. The number of aldehydes is 1. The van der Waals surface area contributed by atoms with Crippen molar-refractivity contribution in [2.24, 2.45) is 0 Å². The second kappa shape index (κ2) is 32.5. The average molecular weight is 1350 g/mol. The van der Waals surface area contributed by atoms with E-state index < -0.39 is 45.3 Å². The van der Waals surface area contributed by atoms with E-state index in [2.05, 4.69) is 55.1 Å². The highest BCUT2D eigenvalue weighted by Crippen LogP contribution is 2.41. The van der Waals surface area contributed by atoms with Gasteiger partial charge in [0.05, 0.1) is 51.0 Å². The fourth-order valence-electron chi connectivity index (χ4n) is 10.7. The molecule has 2 unspecified atom stereocenters. The van der Waals surface area contributed by atoms with Crippen molar-refractivity contribution in [1.29, 1.82) is 0 Å². The normalized spacial score (nSPS) is 14.1. The molecule has 1 N–H and O–H groups in total. The van der Waals surface area contributed by atoms with Gasteiger partial charge in [0.15, 0.2) is 34.4 Å². The Bertz CT molecular complexity index is 4480. The number of methoxy groups -OCH3 is 2. The first-order valence-electron chi connectivity index (χ1n) is 31.6. The minimum absolute atomic E-state index is 0.0503. The first kappa shape index (κ1) is 69.6. The molecule has 1 amide bonds. The molecule has 0 saturated carbocycles. The third-order valence-electron chi connectivity index (χ3n) is 15.4. The monoisotopic (exact) mass is 1350 g/mol. The molecule has 2 atom stereocenters. The van der Waals surface area contributed by atoms with Crippen molar-refractivity contribution in [3.8, 4) is 51.6 Å². The van der Waals surface area contributed by atoms with Crippen LogP contribution in [-0.2, 0) is 50.1 Å². The van der Waals surface area contributed by atoms with Gasteiger partial charge in [0.1, 0.15) is 37.6 Å². The van der Waals surface area contributed by atoms with E-state index in [4.69, 9.17) is 42.0 Å². The molecule has 0 aliphatic carbocycles. The van der Waals surface area contributed by atoms with Gasteiger partial charge in [-0.15, -0.1) is 0 Å². The van der Waals surface area contributed by atoms with E-state index in [1.54, 1.807) is 96.3 Å². The van der Waals surface area contributed by atoms with Gasteiger partial charge in [0, 0.05) is 29.8 Å². The van der Waals surface area contributed by atoms with E-state index in [9.17, 15) is 27.6 Å². The number of tetrazole rings is 1. The number of carbonyl (C=O) groups is 4. The van der Waals surface area contributed by atoms with Crippen molar-refractivity contribution in [2.75, 3.05) is 46.3 Å². The van der Waals surface area contributed by atoms with Gasteiger partial charge in [-0.3, -0.25) is 9.69 Å². The molecule has 12 rings (SSSR count). The molecule has 0 bridgehead atoms. The van der Waals surface area contributed by atoms with Crippen LogP contribution in [0.3, 0.4) is 0 Å². The molecule has 7 aromatic carbocycles. The second-order valence-electron chi connectivity index (χ2n) is 23.3. The summed E-state index contributed by atoms with van der Waals surface area (Å²) in [5, 5.41) is 14.7. The predicted molar refractivity (Wildman–Crippen MR) is 363 cm³/mol. The number of para-hydroxylation sites is 1. The minimum Gasteiger partial charge on any atom is -0.493 e. The molecular formula is C74H74N8O15S. The van der Waals surface area contributed by atoms with Crippen LogP contribution in [0.4, 0.5) is 4.79 Å². The number of esters is 2. The molecule has 23 nitrogen and oxygen atoms in total. The minimum atomic E-state index is -4.12. The maximum Gasteiger partial charge on any atom is 0.410 e. The zero-order valence-corrected chi connectivity index (χ0v) is 56.0. The van der Waals surface area contributed by atoms with Crippen LogP contribution >= 0.6 is 0 Å². The highest BCUT2D eigenvalue weighted by molar-refractivity contribution is 7.91. The quantitative estimate of drug-likeness (QED) is 0.0397. The van der Waals surface area contributed by atoms with E-state index in [1.165, 1.54) is 40.3 Å². The zero-order chi connectivity index (χ0) is 69.2. The molecule has 0 saturated heterocycles. The Morgan fingerprint density at radius 1 is 0.643 bits per heavy atom. The number of sulfone groups is 1. The number of hydrogen-bond donors (Lipinski definition) is 1. The summed E-state index contributed by atoms with van der Waals surface area (Å²) in [7, 11) is -0.930. The Hall–Kier alpha value is -11.2. The van der Waals surface area contributed by atoms with Crippen LogP contribution in [0.15, 0.2) is 196 Å². The van der Waals surface area contributed by atoms with Gasteiger partial charge in [-0.1, -0.05) is 120 Å². The molecule has 24 heteroatoms. The molecule has 0 spiro atoms. The number of amides is 1. The summed E-state index contributed by atoms with van der Waals surface area (Å²) >= 11 is 0. The molecular weight excluding hydrogens is 1270 g/mol.